The number of hydrogen-bond donors (Lipinski definition) is 1. The Morgan fingerprint density at radius 1 is 1.77 bits per heavy atom. The summed E-state index contributed by atoms with van der Waals surface area (Å²) in [6, 6.07) is 3.07. The maximum absolute atomic E-state index is 11.1. The zero-order chi connectivity index (χ0) is 9.90. The zero-order valence-corrected chi connectivity index (χ0v) is 7.74. The highest BCUT2D eigenvalue weighted by Gasteiger charge is 2.10. The summed E-state index contributed by atoms with van der Waals surface area (Å²) in [6.45, 7) is 0. The minimum atomic E-state index is -3.55. The molecule has 0 amide bonds. The molecule has 0 fully saturated rings. The van der Waals surface area contributed by atoms with Crippen LogP contribution in [0.5, 0.6) is 0 Å². The van der Waals surface area contributed by atoms with Gasteiger partial charge in [0.05, 0.1) is 12.3 Å². The average Bonchev–Trinajstić information content (AvgIpc) is 2.35. The largest absolute Gasteiger partial charge is 0.267 e. The van der Waals surface area contributed by atoms with Gasteiger partial charge in [-0.2, -0.15) is 10.4 Å². The van der Waals surface area contributed by atoms with E-state index in [1.54, 1.807) is 13.1 Å². The van der Waals surface area contributed by atoms with E-state index >= 15 is 0 Å². The summed E-state index contributed by atoms with van der Waals surface area (Å²) in [5, 5.41) is 12.0. The Morgan fingerprint density at radius 3 is 2.92 bits per heavy atom. The van der Waals surface area contributed by atoms with Gasteiger partial charge >= 0.3 is 0 Å². The summed E-state index contributed by atoms with van der Waals surface area (Å²) in [5.74, 6) is -0.215. The Morgan fingerprint density at radius 2 is 2.46 bits per heavy atom. The van der Waals surface area contributed by atoms with Crippen LogP contribution in [0.4, 0.5) is 5.82 Å². The fraction of sp³-hybridized carbons (Fsp3) is 0.333. The molecule has 0 aliphatic carbocycles. The molecule has 1 N–H and O–H groups in total. The molecule has 70 valence electrons. The molecule has 7 heteroatoms. The summed E-state index contributed by atoms with van der Waals surface area (Å²) in [4.78, 5) is 0. The number of sulfonamides is 1. The van der Waals surface area contributed by atoms with Gasteiger partial charge in [0.15, 0.2) is 5.75 Å². The van der Waals surface area contributed by atoms with Gasteiger partial charge in [-0.05, 0) is 0 Å². The number of aryl methyl sites for hydroxylation is 1. The van der Waals surface area contributed by atoms with E-state index in [0.717, 1.165) is 0 Å². The molecule has 0 atom stereocenters. The number of anilines is 1. The highest BCUT2D eigenvalue weighted by atomic mass is 32.2. The van der Waals surface area contributed by atoms with Crippen molar-refractivity contribution in [3.63, 3.8) is 0 Å². The first-order valence-corrected chi connectivity index (χ1v) is 5.06. The topological polar surface area (TPSA) is 87.8 Å². The van der Waals surface area contributed by atoms with Crippen LogP contribution in [0.25, 0.3) is 0 Å². The minimum absolute atomic E-state index is 0.343. The standard InChI is InChI=1S/C6H8N4O2S/c1-10-6(2-4-8-10)9-13(11,12)5-3-7/h2,4,9H,5H2,1H3. The summed E-state index contributed by atoms with van der Waals surface area (Å²) < 4.78 is 25.7. The van der Waals surface area contributed by atoms with E-state index in [2.05, 4.69) is 9.82 Å². The number of nitrogens with one attached hydrogen (secondary N) is 1. The van der Waals surface area contributed by atoms with E-state index in [1.807, 2.05) is 0 Å². The normalized spacial score (nSPS) is 10.8. The van der Waals surface area contributed by atoms with Gasteiger partial charge in [0.2, 0.25) is 10.0 Å². The molecule has 1 aromatic rings. The molecule has 13 heavy (non-hydrogen) atoms. The van der Waals surface area contributed by atoms with E-state index in [1.165, 1.54) is 16.9 Å². The second-order valence-electron chi connectivity index (χ2n) is 2.36. The van der Waals surface area contributed by atoms with Crippen LogP contribution in [0.2, 0.25) is 0 Å². The van der Waals surface area contributed by atoms with Crippen LogP contribution in [0.15, 0.2) is 12.3 Å². The Labute approximate surface area is 75.8 Å². The maximum atomic E-state index is 11.1. The molecule has 1 aromatic heterocycles. The second-order valence-corrected chi connectivity index (χ2v) is 4.08. The van der Waals surface area contributed by atoms with Crippen LogP contribution in [0.1, 0.15) is 0 Å². The molecule has 0 unspecified atom stereocenters. The van der Waals surface area contributed by atoms with Crippen LogP contribution < -0.4 is 4.72 Å². The van der Waals surface area contributed by atoms with Gasteiger partial charge in [-0.1, -0.05) is 0 Å². The van der Waals surface area contributed by atoms with Crippen molar-refractivity contribution in [3.8, 4) is 6.07 Å². The van der Waals surface area contributed by atoms with Gasteiger partial charge in [0.25, 0.3) is 0 Å². The minimum Gasteiger partial charge on any atom is -0.267 e. The third-order valence-corrected chi connectivity index (χ3v) is 2.36. The van der Waals surface area contributed by atoms with Gasteiger partial charge in [0.1, 0.15) is 5.82 Å². The number of rotatable bonds is 3. The SMILES string of the molecule is Cn1nccc1NS(=O)(=O)CC#N. The number of aromatic nitrogens is 2. The molecule has 0 spiro atoms. The summed E-state index contributed by atoms with van der Waals surface area (Å²) in [7, 11) is -1.95. The monoisotopic (exact) mass is 200 g/mol. The highest BCUT2D eigenvalue weighted by molar-refractivity contribution is 7.92. The van der Waals surface area contributed by atoms with Crippen LogP contribution >= 0.6 is 0 Å². The van der Waals surface area contributed by atoms with Gasteiger partial charge in [-0.25, -0.2) is 8.42 Å². The van der Waals surface area contributed by atoms with Crippen LogP contribution in [0, 0.1) is 11.3 Å². The molecule has 0 aromatic carbocycles. The van der Waals surface area contributed by atoms with Crippen molar-refractivity contribution in [2.75, 3.05) is 10.5 Å². The first kappa shape index (κ1) is 9.54. The second kappa shape index (κ2) is 3.45. The molecular weight excluding hydrogens is 192 g/mol. The lowest BCUT2D eigenvalue weighted by Gasteiger charge is -2.03. The summed E-state index contributed by atoms with van der Waals surface area (Å²) >= 11 is 0. The molecule has 0 aliphatic rings. The van der Waals surface area contributed by atoms with E-state index < -0.39 is 15.8 Å². The quantitative estimate of drug-likeness (QED) is 0.724. The average molecular weight is 200 g/mol. The Balaban J connectivity index is 2.82. The molecule has 0 aliphatic heterocycles. The number of nitrogens with zero attached hydrogens (tertiary/aromatic N) is 3. The fourth-order valence-electron chi connectivity index (χ4n) is 0.754. The van der Waals surface area contributed by atoms with Crippen LogP contribution in [-0.2, 0) is 17.1 Å². The maximum Gasteiger partial charge on any atom is 0.247 e. The number of hydrogen-bond acceptors (Lipinski definition) is 4. The molecule has 1 rings (SSSR count). The molecule has 0 saturated carbocycles. The van der Waals surface area contributed by atoms with Crippen molar-refractivity contribution < 1.29 is 8.42 Å². The van der Waals surface area contributed by atoms with E-state index in [9.17, 15) is 8.42 Å². The lowest BCUT2D eigenvalue weighted by molar-refractivity contribution is 0.603. The van der Waals surface area contributed by atoms with Crippen molar-refractivity contribution >= 4 is 15.8 Å². The number of nitriles is 1. The molecule has 0 saturated heterocycles. The van der Waals surface area contributed by atoms with Crippen molar-refractivity contribution in [1.82, 2.24) is 9.78 Å². The van der Waals surface area contributed by atoms with E-state index in [0.29, 0.717) is 5.82 Å². The summed E-state index contributed by atoms with van der Waals surface area (Å²) in [5.41, 5.74) is 0. The fourth-order valence-corrected chi connectivity index (χ4v) is 1.52. The molecular formula is C6H8N4O2S. The van der Waals surface area contributed by atoms with Gasteiger partial charge in [0, 0.05) is 13.1 Å². The van der Waals surface area contributed by atoms with E-state index in [4.69, 9.17) is 5.26 Å². The Kier molecular flexibility index (Phi) is 2.53. The van der Waals surface area contributed by atoms with Crippen molar-refractivity contribution in [3.05, 3.63) is 12.3 Å². The van der Waals surface area contributed by atoms with Gasteiger partial charge in [-0.15, -0.1) is 0 Å². The summed E-state index contributed by atoms with van der Waals surface area (Å²) in [6.07, 6.45) is 1.46. The predicted molar refractivity (Wildman–Crippen MR) is 46.2 cm³/mol. The predicted octanol–water partition coefficient (Wildman–Crippen LogP) is -0.315. The van der Waals surface area contributed by atoms with Crippen LogP contribution in [-0.4, -0.2) is 24.0 Å². The van der Waals surface area contributed by atoms with E-state index in [-0.39, 0.29) is 0 Å². The third-order valence-electron chi connectivity index (χ3n) is 1.34. The van der Waals surface area contributed by atoms with Crippen LogP contribution in [0.3, 0.4) is 0 Å². The Hall–Kier alpha value is -1.55. The molecule has 0 radical (unpaired) electrons. The lowest BCUT2D eigenvalue weighted by atomic mass is 10.7. The van der Waals surface area contributed by atoms with Crippen molar-refractivity contribution in [2.45, 2.75) is 0 Å². The smallest absolute Gasteiger partial charge is 0.247 e. The molecule has 6 nitrogen and oxygen atoms in total. The zero-order valence-electron chi connectivity index (χ0n) is 6.93. The third kappa shape index (κ3) is 2.45. The van der Waals surface area contributed by atoms with Gasteiger partial charge in [-0.3, -0.25) is 9.40 Å². The van der Waals surface area contributed by atoms with Gasteiger partial charge < -0.3 is 0 Å². The lowest BCUT2D eigenvalue weighted by Crippen LogP contribution is -2.17. The van der Waals surface area contributed by atoms with Crippen molar-refractivity contribution in [1.29, 1.82) is 5.26 Å². The highest BCUT2D eigenvalue weighted by Crippen LogP contribution is 2.05. The molecule has 1 heterocycles. The Bertz CT molecular complexity index is 428. The molecule has 0 bridgehead atoms. The van der Waals surface area contributed by atoms with Crippen molar-refractivity contribution in [2.24, 2.45) is 7.05 Å². The first-order chi connectivity index (χ1) is 6.05. The first-order valence-electron chi connectivity index (χ1n) is 3.40.